The Morgan fingerprint density at radius 1 is 1.32 bits per heavy atom. The molecule has 1 aliphatic rings. The summed E-state index contributed by atoms with van der Waals surface area (Å²) in [6, 6.07) is 4.68. The quantitative estimate of drug-likeness (QED) is 0.568. The molecule has 0 unspecified atom stereocenters. The number of sulfonamides is 1. The predicted molar refractivity (Wildman–Crippen MR) is 97.6 cm³/mol. The van der Waals surface area contributed by atoms with Gasteiger partial charge < -0.3 is 14.1 Å². The van der Waals surface area contributed by atoms with Crippen molar-refractivity contribution >= 4 is 21.6 Å². The summed E-state index contributed by atoms with van der Waals surface area (Å²) in [5.41, 5.74) is 0.0236. The number of nitro groups is 1. The zero-order valence-corrected chi connectivity index (χ0v) is 15.8. The molecule has 0 saturated carbocycles. The molecule has 0 spiro atoms. The number of carbonyl (C=O) groups excluding carboxylic acids is 1. The number of methoxy groups -OCH3 is 1. The fourth-order valence-electron chi connectivity index (χ4n) is 3.04. The molecule has 2 aromatic rings. The SMILES string of the molecule is COc1ccc(S(=O)(=O)NC2CCN(C(=O)c3ccoc3)CC2)cc1[N+](=O)[O-]. The highest BCUT2D eigenvalue weighted by Gasteiger charge is 2.29. The third kappa shape index (κ3) is 4.15. The molecule has 1 fully saturated rings. The number of nitrogens with one attached hydrogen (secondary N) is 1. The van der Waals surface area contributed by atoms with Gasteiger partial charge in [0.05, 0.1) is 28.8 Å². The maximum Gasteiger partial charge on any atom is 0.312 e. The highest BCUT2D eigenvalue weighted by molar-refractivity contribution is 7.89. The number of hydrogen-bond acceptors (Lipinski definition) is 7. The minimum Gasteiger partial charge on any atom is -0.490 e. The molecule has 1 aliphatic heterocycles. The number of likely N-dealkylation sites (tertiary alicyclic amines) is 1. The van der Waals surface area contributed by atoms with Crippen LogP contribution >= 0.6 is 0 Å². The lowest BCUT2D eigenvalue weighted by atomic mass is 10.1. The summed E-state index contributed by atoms with van der Waals surface area (Å²) < 4.78 is 37.6. The maximum absolute atomic E-state index is 12.6. The number of nitrogens with zero attached hydrogens (tertiary/aromatic N) is 2. The number of amides is 1. The van der Waals surface area contributed by atoms with Gasteiger partial charge in [-0.1, -0.05) is 0 Å². The minimum absolute atomic E-state index is 0.0185. The summed E-state index contributed by atoms with van der Waals surface area (Å²) in [5, 5.41) is 11.1. The number of hydrogen-bond donors (Lipinski definition) is 1. The molecule has 1 amide bonds. The molecular formula is C17H19N3O7S. The van der Waals surface area contributed by atoms with Gasteiger partial charge in [-0.05, 0) is 31.0 Å². The third-order valence-corrected chi connectivity index (χ3v) is 6.05. The zero-order chi connectivity index (χ0) is 20.3. The minimum atomic E-state index is -3.95. The smallest absolute Gasteiger partial charge is 0.312 e. The van der Waals surface area contributed by atoms with Crippen molar-refractivity contribution in [1.29, 1.82) is 0 Å². The predicted octanol–water partition coefficient (Wildman–Crippen LogP) is 1.78. The van der Waals surface area contributed by atoms with Crippen LogP contribution in [0.5, 0.6) is 5.75 Å². The van der Waals surface area contributed by atoms with Gasteiger partial charge in [0, 0.05) is 25.2 Å². The molecule has 11 heteroatoms. The number of furan rings is 1. The largest absolute Gasteiger partial charge is 0.490 e. The lowest BCUT2D eigenvalue weighted by Gasteiger charge is -2.32. The first kappa shape index (κ1) is 19.8. The molecule has 0 radical (unpaired) electrons. The Hall–Kier alpha value is -2.92. The fourth-order valence-corrected chi connectivity index (χ4v) is 4.36. The molecule has 150 valence electrons. The molecule has 1 saturated heterocycles. The summed E-state index contributed by atoms with van der Waals surface area (Å²) in [4.78, 5) is 24.1. The van der Waals surface area contributed by atoms with Crippen molar-refractivity contribution in [1.82, 2.24) is 9.62 Å². The van der Waals surface area contributed by atoms with Crippen molar-refractivity contribution in [3.05, 3.63) is 52.5 Å². The van der Waals surface area contributed by atoms with E-state index in [1.807, 2.05) is 0 Å². The molecule has 1 N–H and O–H groups in total. The van der Waals surface area contributed by atoms with Crippen molar-refractivity contribution in [3.63, 3.8) is 0 Å². The van der Waals surface area contributed by atoms with Crippen LogP contribution in [0.3, 0.4) is 0 Å². The van der Waals surface area contributed by atoms with E-state index < -0.39 is 20.6 Å². The number of benzene rings is 1. The van der Waals surface area contributed by atoms with Gasteiger partial charge in [-0.2, -0.15) is 0 Å². The Morgan fingerprint density at radius 3 is 2.61 bits per heavy atom. The molecule has 1 aromatic heterocycles. The van der Waals surface area contributed by atoms with E-state index in [9.17, 15) is 23.3 Å². The molecule has 0 atom stereocenters. The Labute approximate surface area is 161 Å². The molecule has 2 heterocycles. The van der Waals surface area contributed by atoms with Crippen molar-refractivity contribution in [3.8, 4) is 5.75 Å². The Kier molecular flexibility index (Phi) is 5.66. The number of rotatable bonds is 6. The zero-order valence-electron chi connectivity index (χ0n) is 15.0. The van der Waals surface area contributed by atoms with E-state index in [1.165, 1.54) is 31.8 Å². The Balaban J connectivity index is 1.66. The van der Waals surface area contributed by atoms with E-state index in [2.05, 4.69) is 4.72 Å². The van der Waals surface area contributed by atoms with Gasteiger partial charge in [0.25, 0.3) is 5.91 Å². The first-order valence-electron chi connectivity index (χ1n) is 8.48. The molecule has 28 heavy (non-hydrogen) atoms. The van der Waals surface area contributed by atoms with E-state index in [1.54, 1.807) is 11.0 Å². The van der Waals surface area contributed by atoms with Crippen LogP contribution in [0.25, 0.3) is 0 Å². The lowest BCUT2D eigenvalue weighted by Crippen LogP contribution is -2.46. The topological polar surface area (TPSA) is 132 Å². The van der Waals surface area contributed by atoms with E-state index in [-0.39, 0.29) is 22.6 Å². The highest BCUT2D eigenvalue weighted by Crippen LogP contribution is 2.29. The second-order valence-electron chi connectivity index (χ2n) is 6.29. The van der Waals surface area contributed by atoms with Gasteiger partial charge in [-0.15, -0.1) is 0 Å². The number of nitro benzene ring substituents is 1. The molecule has 10 nitrogen and oxygen atoms in total. The Bertz CT molecular complexity index is 965. The summed E-state index contributed by atoms with van der Waals surface area (Å²) in [5.74, 6) is -0.184. The van der Waals surface area contributed by atoms with Gasteiger partial charge in [-0.3, -0.25) is 14.9 Å². The first-order chi connectivity index (χ1) is 13.3. The number of piperidine rings is 1. The van der Waals surface area contributed by atoms with Crippen LogP contribution in [0, 0.1) is 10.1 Å². The summed E-state index contributed by atoms with van der Waals surface area (Å²) in [6.07, 6.45) is 3.65. The molecule has 3 rings (SSSR count). The number of ether oxygens (including phenoxy) is 1. The van der Waals surface area contributed by atoms with E-state index in [0.29, 0.717) is 31.5 Å². The van der Waals surface area contributed by atoms with Crippen LogP contribution in [-0.2, 0) is 10.0 Å². The van der Waals surface area contributed by atoms with Crippen LogP contribution in [0.4, 0.5) is 5.69 Å². The molecule has 0 bridgehead atoms. The maximum atomic E-state index is 12.6. The van der Waals surface area contributed by atoms with Crippen LogP contribution in [-0.4, -0.2) is 50.4 Å². The van der Waals surface area contributed by atoms with Gasteiger partial charge in [0.15, 0.2) is 5.75 Å². The van der Waals surface area contributed by atoms with Crippen molar-refractivity contribution in [2.75, 3.05) is 20.2 Å². The molecular weight excluding hydrogens is 390 g/mol. The molecule has 1 aromatic carbocycles. The van der Waals surface area contributed by atoms with Crippen LogP contribution in [0.2, 0.25) is 0 Å². The average Bonchev–Trinajstić information content (AvgIpc) is 3.22. The second kappa shape index (κ2) is 7.98. The van der Waals surface area contributed by atoms with Crippen LogP contribution in [0.15, 0.2) is 46.1 Å². The lowest BCUT2D eigenvalue weighted by molar-refractivity contribution is -0.386. The third-order valence-electron chi connectivity index (χ3n) is 4.53. The molecule has 0 aliphatic carbocycles. The van der Waals surface area contributed by atoms with Crippen molar-refractivity contribution < 1.29 is 27.3 Å². The summed E-state index contributed by atoms with van der Waals surface area (Å²) in [6.45, 7) is 0.778. The van der Waals surface area contributed by atoms with Crippen molar-refractivity contribution in [2.45, 2.75) is 23.8 Å². The first-order valence-corrected chi connectivity index (χ1v) is 9.96. The summed E-state index contributed by atoms with van der Waals surface area (Å²) in [7, 11) is -2.68. The van der Waals surface area contributed by atoms with Gasteiger partial charge in [0.1, 0.15) is 6.26 Å². The van der Waals surface area contributed by atoms with Gasteiger partial charge in [-0.25, -0.2) is 13.1 Å². The van der Waals surface area contributed by atoms with Crippen LogP contribution < -0.4 is 9.46 Å². The number of carbonyl (C=O) groups is 1. The monoisotopic (exact) mass is 409 g/mol. The van der Waals surface area contributed by atoms with E-state index in [4.69, 9.17) is 9.15 Å². The summed E-state index contributed by atoms with van der Waals surface area (Å²) >= 11 is 0. The van der Waals surface area contributed by atoms with Crippen LogP contribution in [0.1, 0.15) is 23.2 Å². The highest BCUT2D eigenvalue weighted by atomic mass is 32.2. The van der Waals surface area contributed by atoms with Gasteiger partial charge in [0.2, 0.25) is 10.0 Å². The van der Waals surface area contributed by atoms with Gasteiger partial charge >= 0.3 is 5.69 Å². The van der Waals surface area contributed by atoms with Crippen molar-refractivity contribution in [2.24, 2.45) is 0 Å². The Morgan fingerprint density at radius 2 is 2.04 bits per heavy atom. The fraction of sp³-hybridized carbons (Fsp3) is 0.353. The second-order valence-corrected chi connectivity index (χ2v) is 8.00. The van der Waals surface area contributed by atoms with E-state index >= 15 is 0 Å². The average molecular weight is 409 g/mol. The standard InChI is InChI=1S/C17H19N3O7S/c1-26-16-3-2-14(10-15(16)20(22)23)28(24,25)18-13-4-7-19(8-5-13)17(21)12-6-9-27-11-12/h2-3,6,9-11,13,18H,4-5,7-8H2,1H3. The van der Waals surface area contributed by atoms with E-state index in [0.717, 1.165) is 6.07 Å². The normalized spacial score (nSPS) is 15.4.